The zero-order valence-corrected chi connectivity index (χ0v) is 12.1. The predicted octanol–water partition coefficient (Wildman–Crippen LogP) is 1.95. The highest BCUT2D eigenvalue weighted by Gasteiger charge is 2.34. The molecular weight excluding hydrogens is 290 g/mol. The Kier molecular flexibility index (Phi) is 2.59. The molecule has 1 atom stereocenters. The molecule has 3 aromatic heterocycles. The lowest BCUT2D eigenvalue weighted by atomic mass is 9.93. The average molecular weight is 303 g/mol. The number of H-pyrrole nitrogens is 1. The fourth-order valence-corrected chi connectivity index (χ4v) is 3.70. The number of aromatic nitrogens is 2. The summed E-state index contributed by atoms with van der Waals surface area (Å²) in [6.45, 7) is 2.56. The van der Waals surface area contributed by atoms with Crippen molar-refractivity contribution in [2.24, 2.45) is 5.73 Å². The number of hydrogen-bond donors (Lipinski definition) is 2. The summed E-state index contributed by atoms with van der Waals surface area (Å²) < 4.78 is 11.6. The molecule has 0 spiro atoms. The van der Waals surface area contributed by atoms with Crippen molar-refractivity contribution in [1.29, 1.82) is 0 Å². The van der Waals surface area contributed by atoms with E-state index in [-0.39, 0.29) is 5.63 Å². The molecule has 1 unspecified atom stereocenters. The maximum absolute atomic E-state index is 12.2. The van der Waals surface area contributed by atoms with Gasteiger partial charge in [0.15, 0.2) is 0 Å². The molecule has 6 nitrogen and oxygen atoms in total. The highest BCUT2D eigenvalue weighted by atomic mass is 32.1. The summed E-state index contributed by atoms with van der Waals surface area (Å²) in [5.41, 5.74) is 6.87. The number of fused-ring (bicyclic) bond motifs is 3. The van der Waals surface area contributed by atoms with Crippen molar-refractivity contribution in [2.75, 3.05) is 6.61 Å². The van der Waals surface area contributed by atoms with Gasteiger partial charge in [0.05, 0.1) is 24.9 Å². The highest BCUT2D eigenvalue weighted by molar-refractivity contribution is 7.22. The number of hydrogen-bond acceptors (Lipinski definition) is 6. The molecule has 3 N–H and O–H groups in total. The van der Waals surface area contributed by atoms with E-state index in [1.165, 1.54) is 11.3 Å². The molecule has 7 heteroatoms. The van der Waals surface area contributed by atoms with Crippen molar-refractivity contribution in [2.45, 2.75) is 19.1 Å². The van der Waals surface area contributed by atoms with E-state index in [1.807, 2.05) is 13.0 Å². The van der Waals surface area contributed by atoms with Gasteiger partial charge in [-0.05, 0) is 13.0 Å². The lowest BCUT2D eigenvalue weighted by Crippen LogP contribution is -2.42. The molecule has 0 aliphatic carbocycles. The van der Waals surface area contributed by atoms with Crippen LogP contribution in [0.25, 0.3) is 20.5 Å². The topological polar surface area (TPSA) is 94.1 Å². The first-order valence-electron chi connectivity index (χ1n) is 6.52. The molecule has 0 amide bonds. The number of thiophene rings is 1. The van der Waals surface area contributed by atoms with E-state index < -0.39 is 5.54 Å². The van der Waals surface area contributed by atoms with Gasteiger partial charge >= 0.3 is 5.63 Å². The van der Waals surface area contributed by atoms with Crippen LogP contribution in [0.3, 0.4) is 0 Å². The standard InChI is InChI=1S/C14H13N3O3S/c1-14(15)6-19-5-9-8-2-10(7-3-16-17-4-7)21-11(8)13(18)20-12(9)14/h2-4H,5-6,15H2,1H3,(H,16,17). The summed E-state index contributed by atoms with van der Waals surface area (Å²) in [5.74, 6) is 0.530. The fourth-order valence-electron chi connectivity index (χ4n) is 2.65. The Balaban J connectivity index is 2.04. The summed E-state index contributed by atoms with van der Waals surface area (Å²) in [6, 6.07) is 1.98. The molecular formula is C14H13N3O3S. The number of nitrogens with one attached hydrogen (secondary N) is 1. The van der Waals surface area contributed by atoms with Crippen molar-refractivity contribution < 1.29 is 9.15 Å². The lowest BCUT2D eigenvalue weighted by Gasteiger charge is -2.30. The SMILES string of the molecule is CC1(N)COCc2c1oc(=O)c1sc(-c3cn[nH]c3)cc21. The summed E-state index contributed by atoms with van der Waals surface area (Å²) in [4.78, 5) is 13.2. The first-order chi connectivity index (χ1) is 10.1. The number of nitrogens with two attached hydrogens (primary N) is 1. The van der Waals surface area contributed by atoms with E-state index in [0.29, 0.717) is 23.7 Å². The number of nitrogens with zero attached hydrogens (tertiary/aromatic N) is 1. The fraction of sp³-hybridized carbons (Fsp3) is 0.286. The van der Waals surface area contributed by atoms with E-state index in [0.717, 1.165) is 21.4 Å². The van der Waals surface area contributed by atoms with Crippen LogP contribution in [-0.2, 0) is 16.9 Å². The molecule has 1 aliphatic rings. The third-order valence-electron chi connectivity index (χ3n) is 3.66. The smallest absolute Gasteiger partial charge is 0.354 e. The van der Waals surface area contributed by atoms with Gasteiger partial charge in [-0.3, -0.25) is 5.10 Å². The Morgan fingerprint density at radius 2 is 2.38 bits per heavy atom. The third kappa shape index (κ3) is 1.85. The van der Waals surface area contributed by atoms with Crippen molar-refractivity contribution in [3.05, 3.63) is 40.2 Å². The zero-order chi connectivity index (χ0) is 14.6. The Hall–Kier alpha value is -1.96. The summed E-state index contributed by atoms with van der Waals surface area (Å²) in [5, 5.41) is 7.57. The second kappa shape index (κ2) is 4.27. The van der Waals surface area contributed by atoms with Crippen LogP contribution in [-0.4, -0.2) is 16.8 Å². The van der Waals surface area contributed by atoms with Crippen LogP contribution in [0.2, 0.25) is 0 Å². The number of rotatable bonds is 1. The third-order valence-corrected chi connectivity index (χ3v) is 4.83. The van der Waals surface area contributed by atoms with Crippen LogP contribution >= 0.6 is 11.3 Å². The van der Waals surface area contributed by atoms with Crippen molar-refractivity contribution >= 4 is 21.4 Å². The van der Waals surface area contributed by atoms with Crippen molar-refractivity contribution in [3.8, 4) is 10.4 Å². The second-order valence-electron chi connectivity index (χ2n) is 5.45. The molecule has 0 radical (unpaired) electrons. The second-order valence-corrected chi connectivity index (χ2v) is 6.50. The molecule has 0 aromatic carbocycles. The van der Waals surface area contributed by atoms with E-state index in [1.54, 1.807) is 12.4 Å². The first kappa shape index (κ1) is 12.8. The van der Waals surface area contributed by atoms with Crippen LogP contribution < -0.4 is 11.4 Å². The molecule has 0 saturated heterocycles. The molecule has 4 heterocycles. The molecule has 3 aromatic rings. The number of ether oxygens (including phenoxy) is 1. The Labute approximate surface area is 123 Å². The Morgan fingerprint density at radius 1 is 1.52 bits per heavy atom. The maximum atomic E-state index is 12.2. The summed E-state index contributed by atoms with van der Waals surface area (Å²) >= 11 is 1.39. The monoisotopic (exact) mass is 303 g/mol. The van der Waals surface area contributed by atoms with Crippen LogP contribution in [0.1, 0.15) is 18.2 Å². The molecule has 0 bridgehead atoms. The van der Waals surface area contributed by atoms with Gasteiger partial charge in [-0.15, -0.1) is 11.3 Å². The van der Waals surface area contributed by atoms with Crippen molar-refractivity contribution in [1.82, 2.24) is 10.2 Å². The van der Waals surface area contributed by atoms with E-state index in [2.05, 4.69) is 10.2 Å². The maximum Gasteiger partial charge on any atom is 0.354 e. The van der Waals surface area contributed by atoms with Gasteiger partial charge in [0.25, 0.3) is 0 Å². The van der Waals surface area contributed by atoms with E-state index in [4.69, 9.17) is 14.9 Å². The molecule has 4 rings (SSSR count). The first-order valence-corrected chi connectivity index (χ1v) is 7.34. The van der Waals surface area contributed by atoms with Gasteiger partial charge in [-0.25, -0.2) is 4.79 Å². The highest BCUT2D eigenvalue weighted by Crippen LogP contribution is 2.38. The van der Waals surface area contributed by atoms with Crippen LogP contribution in [0.5, 0.6) is 0 Å². The van der Waals surface area contributed by atoms with E-state index in [9.17, 15) is 4.79 Å². The largest absolute Gasteiger partial charge is 0.424 e. The van der Waals surface area contributed by atoms with Gasteiger partial charge < -0.3 is 14.9 Å². The molecule has 108 valence electrons. The molecule has 0 fully saturated rings. The van der Waals surface area contributed by atoms with Gasteiger partial charge in [0, 0.05) is 27.6 Å². The summed E-state index contributed by atoms with van der Waals surface area (Å²) in [7, 11) is 0. The Bertz CT molecular complexity index is 877. The molecule has 1 aliphatic heterocycles. The van der Waals surface area contributed by atoms with Gasteiger partial charge in [-0.2, -0.15) is 5.10 Å². The van der Waals surface area contributed by atoms with Gasteiger partial charge in [0.1, 0.15) is 10.5 Å². The minimum Gasteiger partial charge on any atom is -0.424 e. The van der Waals surface area contributed by atoms with Crippen molar-refractivity contribution in [3.63, 3.8) is 0 Å². The summed E-state index contributed by atoms with van der Waals surface area (Å²) in [6.07, 6.45) is 3.52. The van der Waals surface area contributed by atoms with Crippen LogP contribution in [0.15, 0.2) is 27.7 Å². The Morgan fingerprint density at radius 3 is 3.14 bits per heavy atom. The zero-order valence-electron chi connectivity index (χ0n) is 11.3. The van der Waals surface area contributed by atoms with E-state index >= 15 is 0 Å². The van der Waals surface area contributed by atoms with Crippen LogP contribution in [0.4, 0.5) is 0 Å². The van der Waals surface area contributed by atoms with Crippen LogP contribution in [0, 0.1) is 0 Å². The predicted molar refractivity (Wildman–Crippen MR) is 79.1 cm³/mol. The minimum atomic E-state index is -0.779. The average Bonchev–Trinajstić information content (AvgIpc) is 3.07. The normalized spacial score (nSPS) is 21.6. The quantitative estimate of drug-likeness (QED) is 0.716. The molecule has 21 heavy (non-hydrogen) atoms. The minimum absolute atomic E-state index is 0.340. The van der Waals surface area contributed by atoms with Gasteiger partial charge in [0.2, 0.25) is 0 Å². The lowest BCUT2D eigenvalue weighted by molar-refractivity contribution is 0.0457. The number of aromatic amines is 1. The van der Waals surface area contributed by atoms with Gasteiger partial charge in [-0.1, -0.05) is 0 Å². The molecule has 0 saturated carbocycles.